The lowest BCUT2D eigenvalue weighted by Crippen LogP contribution is -2.14. The summed E-state index contributed by atoms with van der Waals surface area (Å²) in [5.41, 5.74) is 8.82. The quantitative estimate of drug-likeness (QED) is 0.400. The Morgan fingerprint density at radius 1 is 1.19 bits per heavy atom. The summed E-state index contributed by atoms with van der Waals surface area (Å²) in [6.07, 6.45) is 10.00. The summed E-state index contributed by atoms with van der Waals surface area (Å²) in [6.45, 7) is 0. The van der Waals surface area contributed by atoms with Gasteiger partial charge in [0.15, 0.2) is 11.9 Å². The molecule has 0 bridgehead atoms. The smallest absolute Gasteiger partial charge is 0.299 e. The van der Waals surface area contributed by atoms with Crippen molar-refractivity contribution in [3.8, 4) is 0 Å². The van der Waals surface area contributed by atoms with Crippen LogP contribution in [0.4, 0.5) is 21.5 Å². The predicted molar refractivity (Wildman–Crippen MR) is 115 cm³/mol. The van der Waals surface area contributed by atoms with Crippen LogP contribution in [-0.4, -0.2) is 21.7 Å². The number of carbonyl (C=O) groups excluding carboxylic acids is 1. The van der Waals surface area contributed by atoms with Crippen molar-refractivity contribution in [1.82, 2.24) is 9.97 Å². The summed E-state index contributed by atoms with van der Waals surface area (Å²) in [5.74, 6) is -0.482. The number of carbonyl (C=O) groups is 1. The fourth-order valence-corrected chi connectivity index (χ4v) is 2.87. The number of H-pyrrole nitrogens is 1. The molecule has 0 aliphatic heterocycles. The van der Waals surface area contributed by atoms with E-state index in [1.807, 2.05) is 12.1 Å². The maximum Gasteiger partial charge on any atom is 0.299 e. The van der Waals surface area contributed by atoms with E-state index in [4.69, 9.17) is 5.73 Å². The number of benzene rings is 1. The van der Waals surface area contributed by atoms with Gasteiger partial charge in [0.1, 0.15) is 23.5 Å². The molecule has 0 saturated heterocycles. The van der Waals surface area contributed by atoms with Crippen molar-refractivity contribution in [2.24, 2.45) is 10.7 Å². The largest absolute Gasteiger partial charge is 0.384 e. The van der Waals surface area contributed by atoms with E-state index < -0.39 is 5.91 Å². The molecule has 2 heterocycles. The van der Waals surface area contributed by atoms with Crippen LogP contribution < -0.4 is 21.4 Å². The van der Waals surface area contributed by atoms with E-state index in [0.29, 0.717) is 23.0 Å². The average molecular weight is 418 g/mol. The van der Waals surface area contributed by atoms with Gasteiger partial charge in [0.05, 0.1) is 5.69 Å². The van der Waals surface area contributed by atoms with Crippen molar-refractivity contribution in [3.63, 3.8) is 0 Å². The zero-order valence-electron chi connectivity index (χ0n) is 16.5. The minimum absolute atomic E-state index is 0.0129. The number of hydrogen-bond acceptors (Lipinski definition) is 5. The van der Waals surface area contributed by atoms with Crippen LogP contribution in [0.5, 0.6) is 0 Å². The first kappa shape index (κ1) is 20.1. The number of pyridine rings is 1. The van der Waals surface area contributed by atoms with Gasteiger partial charge in [-0.05, 0) is 55.3 Å². The monoisotopic (exact) mass is 418 g/mol. The number of nitrogens with zero attached hydrogens (tertiary/aromatic N) is 3. The highest BCUT2D eigenvalue weighted by Crippen LogP contribution is 2.39. The lowest BCUT2D eigenvalue weighted by molar-refractivity contribution is -0.381. The number of aromatic amines is 1. The molecule has 3 aromatic rings. The molecule has 0 spiro atoms. The third-order valence-corrected chi connectivity index (χ3v) is 4.57. The number of nitrogens with two attached hydrogens (primary N) is 1. The van der Waals surface area contributed by atoms with Crippen LogP contribution in [0, 0.1) is 5.82 Å². The minimum atomic E-state index is -0.554. The predicted octanol–water partition coefficient (Wildman–Crippen LogP) is 3.17. The van der Waals surface area contributed by atoms with Crippen molar-refractivity contribution in [2.45, 2.75) is 18.8 Å². The molecule has 0 atom stereocenters. The molecule has 9 heteroatoms. The Morgan fingerprint density at radius 3 is 2.71 bits per heavy atom. The Bertz CT molecular complexity index is 1130. The second-order valence-electron chi connectivity index (χ2n) is 7.03. The van der Waals surface area contributed by atoms with Crippen molar-refractivity contribution in [3.05, 3.63) is 84.6 Å². The standard InChI is InChI=1S/C22H20FN7O/c23-15-3-5-16(6-4-15)27-10-9-20(24)30-22(31)21-19(28-17-11-25-13-26-12-17)8-7-18(29-21)14-1-2-14/h3-14,27-28H,1-2H2,(H2,24,30,31)/p+1/b10-9-. The molecule has 31 heavy (non-hydrogen) atoms. The topological polar surface area (TPSA) is 119 Å². The summed E-state index contributed by atoms with van der Waals surface area (Å²) in [6, 6.07) is 9.57. The number of rotatable bonds is 7. The normalized spacial score (nSPS) is 13.9. The van der Waals surface area contributed by atoms with Crippen LogP contribution in [-0.2, 0) is 0 Å². The molecule has 1 aliphatic rings. The number of amidine groups is 1. The molecule has 5 N–H and O–H groups in total. The number of aliphatic imine (C=N–C) groups is 1. The second kappa shape index (κ2) is 9.12. The van der Waals surface area contributed by atoms with Gasteiger partial charge < -0.3 is 16.4 Å². The fourth-order valence-electron chi connectivity index (χ4n) is 2.87. The highest BCUT2D eigenvalue weighted by molar-refractivity contribution is 6.08. The maximum atomic E-state index is 13.0. The number of hydrogen-bond donors (Lipinski definition) is 3. The maximum absolute atomic E-state index is 13.0. The van der Waals surface area contributed by atoms with E-state index in [-0.39, 0.29) is 17.3 Å². The van der Waals surface area contributed by atoms with Gasteiger partial charge in [-0.25, -0.2) is 14.4 Å². The van der Waals surface area contributed by atoms with Crippen LogP contribution >= 0.6 is 0 Å². The fraction of sp³-hybridized carbons (Fsp3) is 0.136. The average Bonchev–Trinajstić information content (AvgIpc) is 3.61. The minimum Gasteiger partial charge on any atom is -0.384 e. The molecule has 156 valence electrons. The second-order valence-corrected chi connectivity index (χ2v) is 7.03. The van der Waals surface area contributed by atoms with Gasteiger partial charge in [-0.1, -0.05) is 4.98 Å². The first-order chi connectivity index (χ1) is 15.1. The first-order valence-corrected chi connectivity index (χ1v) is 9.75. The molecule has 2 aromatic heterocycles. The van der Waals surface area contributed by atoms with Gasteiger partial charge in [0.25, 0.3) is 12.2 Å². The molecule has 1 amide bonds. The Kier molecular flexibility index (Phi) is 5.93. The number of aromatic nitrogens is 3. The summed E-state index contributed by atoms with van der Waals surface area (Å²) in [5, 5.41) is 6.07. The van der Waals surface area contributed by atoms with Crippen LogP contribution in [0.1, 0.15) is 34.9 Å². The molecule has 8 nitrogen and oxygen atoms in total. The van der Waals surface area contributed by atoms with Gasteiger partial charge >= 0.3 is 0 Å². The van der Waals surface area contributed by atoms with E-state index in [1.165, 1.54) is 24.4 Å². The van der Waals surface area contributed by atoms with Crippen LogP contribution in [0.2, 0.25) is 0 Å². The van der Waals surface area contributed by atoms with E-state index in [1.54, 1.807) is 30.9 Å². The van der Waals surface area contributed by atoms with Crippen LogP contribution in [0.3, 0.4) is 0 Å². The van der Waals surface area contributed by atoms with Crippen molar-refractivity contribution < 1.29 is 14.2 Å². The van der Waals surface area contributed by atoms with Crippen molar-refractivity contribution >= 4 is 28.8 Å². The molecule has 0 radical (unpaired) electrons. The Hall–Kier alpha value is -4.14. The molecule has 1 aliphatic carbocycles. The van der Waals surface area contributed by atoms with Gasteiger partial charge in [-0.15, -0.1) is 0 Å². The van der Waals surface area contributed by atoms with Gasteiger partial charge in [0.2, 0.25) is 0 Å². The summed E-state index contributed by atoms with van der Waals surface area (Å²) < 4.78 is 13.0. The third-order valence-electron chi connectivity index (χ3n) is 4.57. The summed E-state index contributed by atoms with van der Waals surface area (Å²) >= 11 is 0. The highest BCUT2D eigenvalue weighted by Gasteiger charge is 2.27. The molecule has 1 saturated carbocycles. The lowest BCUT2D eigenvalue weighted by atomic mass is 10.2. The van der Waals surface area contributed by atoms with Crippen LogP contribution in [0.25, 0.3) is 0 Å². The van der Waals surface area contributed by atoms with E-state index in [2.05, 4.69) is 30.6 Å². The van der Waals surface area contributed by atoms with Crippen molar-refractivity contribution in [2.75, 3.05) is 10.6 Å². The molecular weight excluding hydrogens is 397 g/mol. The zero-order chi connectivity index (χ0) is 21.6. The van der Waals surface area contributed by atoms with Gasteiger partial charge in [-0.2, -0.15) is 4.99 Å². The molecular formula is C22H21FN7O+. The molecule has 1 fully saturated rings. The Morgan fingerprint density at radius 2 is 2.00 bits per heavy atom. The zero-order valence-corrected chi connectivity index (χ0v) is 16.5. The highest BCUT2D eigenvalue weighted by atomic mass is 19.1. The summed E-state index contributed by atoms with van der Waals surface area (Å²) in [7, 11) is 0. The van der Waals surface area contributed by atoms with Crippen LogP contribution in [0.15, 0.2) is 72.4 Å². The lowest BCUT2D eigenvalue weighted by Gasteiger charge is -2.09. The first-order valence-electron chi connectivity index (χ1n) is 9.75. The van der Waals surface area contributed by atoms with Gasteiger partial charge in [-0.3, -0.25) is 4.79 Å². The van der Waals surface area contributed by atoms with Crippen molar-refractivity contribution in [1.29, 1.82) is 0 Å². The number of nitrogens with one attached hydrogen (secondary N) is 3. The third kappa shape index (κ3) is 5.47. The van der Waals surface area contributed by atoms with E-state index in [0.717, 1.165) is 18.5 Å². The Labute approximate surface area is 178 Å². The van der Waals surface area contributed by atoms with E-state index in [9.17, 15) is 9.18 Å². The summed E-state index contributed by atoms with van der Waals surface area (Å²) in [4.78, 5) is 28.2. The molecule has 4 rings (SSSR count). The van der Waals surface area contributed by atoms with E-state index >= 15 is 0 Å². The Balaban J connectivity index is 1.52. The molecule has 1 aromatic carbocycles. The number of halogens is 1. The number of anilines is 3. The van der Waals surface area contributed by atoms with Gasteiger partial charge in [0, 0.05) is 23.5 Å². The number of amides is 1. The molecule has 0 unspecified atom stereocenters. The SMILES string of the molecule is NC(/C=C\Nc1ccc(F)cc1)=NC(=O)c1nc(C2CC2)ccc1Nc1cnc[nH+]c1.